The molecular weight excluding hydrogens is 248 g/mol. The normalized spacial score (nSPS) is 13.2. The molecule has 2 nitrogen and oxygen atoms in total. The molecule has 0 aromatic carbocycles. The molecule has 0 heterocycles. The van der Waals surface area contributed by atoms with E-state index in [0.717, 1.165) is 0 Å². The zero-order chi connectivity index (χ0) is 15.4. The van der Waals surface area contributed by atoms with Crippen molar-refractivity contribution in [2.24, 2.45) is 5.92 Å². The molecule has 0 spiro atoms. The molecule has 0 saturated carbocycles. The Bertz CT molecular complexity index is 240. The molecule has 0 fully saturated rings. The minimum absolute atomic E-state index is 0.0190. The fourth-order valence-electron chi connectivity index (χ4n) is 2.51. The Hall–Kier alpha value is -0.530. The molecule has 0 radical (unpaired) electrons. The smallest absolute Gasteiger partial charge is 0.306 e. The van der Waals surface area contributed by atoms with Crippen LogP contribution in [0.25, 0.3) is 0 Å². The molecular formula is C18H36O2. The highest BCUT2D eigenvalue weighted by Crippen LogP contribution is 2.23. The van der Waals surface area contributed by atoms with Crippen LogP contribution in [-0.2, 0) is 9.53 Å². The Kier molecular flexibility index (Phi) is 10.9. The number of rotatable bonds is 11. The third-order valence-electron chi connectivity index (χ3n) is 3.56. The molecule has 0 aliphatic rings. The van der Waals surface area contributed by atoms with Gasteiger partial charge in [0.05, 0.1) is 0 Å². The van der Waals surface area contributed by atoms with E-state index in [1.165, 1.54) is 57.8 Å². The molecule has 0 amide bonds. The number of esters is 1. The van der Waals surface area contributed by atoms with E-state index in [9.17, 15) is 4.79 Å². The number of hydrogen-bond donors (Lipinski definition) is 0. The van der Waals surface area contributed by atoms with E-state index in [4.69, 9.17) is 4.74 Å². The second-order valence-electron chi connectivity index (χ2n) is 7.00. The van der Waals surface area contributed by atoms with Gasteiger partial charge >= 0.3 is 5.97 Å². The second kappa shape index (κ2) is 11.2. The zero-order valence-electron chi connectivity index (χ0n) is 14.5. The summed E-state index contributed by atoms with van der Waals surface area (Å²) in [5.74, 6) is 0.503. The van der Waals surface area contributed by atoms with Crippen molar-refractivity contribution >= 4 is 5.97 Å². The van der Waals surface area contributed by atoms with Crippen LogP contribution in [-0.4, -0.2) is 11.6 Å². The maximum Gasteiger partial charge on any atom is 0.306 e. The number of carbonyl (C=O) groups is 1. The lowest BCUT2D eigenvalue weighted by atomic mass is 9.92. The van der Waals surface area contributed by atoms with Gasteiger partial charge in [0, 0.05) is 6.42 Å². The van der Waals surface area contributed by atoms with E-state index < -0.39 is 0 Å². The molecule has 0 rings (SSSR count). The summed E-state index contributed by atoms with van der Waals surface area (Å²) in [6.07, 6.45) is 11.9. The van der Waals surface area contributed by atoms with Crippen molar-refractivity contribution < 1.29 is 9.53 Å². The first-order valence-corrected chi connectivity index (χ1v) is 8.60. The Morgan fingerprint density at radius 2 is 1.40 bits per heavy atom. The SMILES string of the molecule is CCCCCCC(CCCCC)CC(=O)OC(C)(C)C. The predicted molar refractivity (Wildman–Crippen MR) is 86.9 cm³/mol. The number of unbranched alkanes of at least 4 members (excludes halogenated alkanes) is 5. The Balaban J connectivity index is 4.11. The fourth-order valence-corrected chi connectivity index (χ4v) is 2.51. The van der Waals surface area contributed by atoms with Crippen molar-refractivity contribution in [3.05, 3.63) is 0 Å². The maximum atomic E-state index is 12.0. The monoisotopic (exact) mass is 284 g/mol. The molecule has 0 N–H and O–H groups in total. The quantitative estimate of drug-likeness (QED) is 0.349. The molecule has 0 aliphatic heterocycles. The van der Waals surface area contributed by atoms with Gasteiger partial charge < -0.3 is 4.74 Å². The summed E-state index contributed by atoms with van der Waals surface area (Å²) in [6, 6.07) is 0. The molecule has 1 atom stereocenters. The number of ether oxygens (including phenoxy) is 1. The van der Waals surface area contributed by atoms with Gasteiger partial charge in [0.25, 0.3) is 0 Å². The molecule has 0 bridgehead atoms. The van der Waals surface area contributed by atoms with Crippen molar-refractivity contribution in [3.63, 3.8) is 0 Å². The average molecular weight is 284 g/mol. The molecule has 1 unspecified atom stereocenters. The Labute approximate surface area is 126 Å². The largest absolute Gasteiger partial charge is 0.460 e. The average Bonchev–Trinajstić information content (AvgIpc) is 2.32. The minimum Gasteiger partial charge on any atom is -0.460 e. The number of carbonyl (C=O) groups excluding carboxylic acids is 1. The molecule has 0 aromatic heterocycles. The topological polar surface area (TPSA) is 26.3 Å². The van der Waals surface area contributed by atoms with Crippen molar-refractivity contribution in [2.75, 3.05) is 0 Å². The first-order chi connectivity index (χ1) is 9.39. The van der Waals surface area contributed by atoms with Crippen LogP contribution in [0.15, 0.2) is 0 Å². The summed E-state index contributed by atoms with van der Waals surface area (Å²) in [5, 5.41) is 0. The third kappa shape index (κ3) is 12.5. The van der Waals surface area contributed by atoms with Crippen molar-refractivity contribution in [3.8, 4) is 0 Å². The van der Waals surface area contributed by atoms with Crippen LogP contribution in [0.2, 0.25) is 0 Å². The van der Waals surface area contributed by atoms with Crippen LogP contribution < -0.4 is 0 Å². The lowest BCUT2D eigenvalue weighted by molar-refractivity contribution is -0.156. The maximum absolute atomic E-state index is 12.0. The minimum atomic E-state index is -0.354. The van der Waals surface area contributed by atoms with Gasteiger partial charge in [-0.3, -0.25) is 4.79 Å². The molecule has 0 aromatic rings. The van der Waals surface area contributed by atoms with Crippen LogP contribution in [0.4, 0.5) is 0 Å². The van der Waals surface area contributed by atoms with Crippen LogP contribution in [0.3, 0.4) is 0 Å². The van der Waals surface area contributed by atoms with Gasteiger partial charge in [-0.15, -0.1) is 0 Å². The lowest BCUT2D eigenvalue weighted by Gasteiger charge is -2.22. The second-order valence-corrected chi connectivity index (χ2v) is 7.00. The van der Waals surface area contributed by atoms with E-state index >= 15 is 0 Å². The lowest BCUT2D eigenvalue weighted by Crippen LogP contribution is -2.25. The zero-order valence-corrected chi connectivity index (χ0v) is 14.5. The summed E-state index contributed by atoms with van der Waals surface area (Å²) in [6.45, 7) is 10.3. The summed E-state index contributed by atoms with van der Waals surface area (Å²) in [5.41, 5.74) is -0.354. The van der Waals surface area contributed by atoms with Crippen molar-refractivity contribution in [1.82, 2.24) is 0 Å². The first-order valence-electron chi connectivity index (χ1n) is 8.60. The van der Waals surface area contributed by atoms with Gasteiger partial charge in [-0.1, -0.05) is 58.8 Å². The van der Waals surface area contributed by atoms with Crippen molar-refractivity contribution in [1.29, 1.82) is 0 Å². The Morgan fingerprint density at radius 3 is 1.90 bits per heavy atom. The predicted octanol–water partition coefficient (Wildman–Crippen LogP) is 5.89. The molecule has 20 heavy (non-hydrogen) atoms. The third-order valence-corrected chi connectivity index (χ3v) is 3.56. The van der Waals surface area contributed by atoms with E-state index in [-0.39, 0.29) is 11.6 Å². The molecule has 0 saturated heterocycles. The number of hydrogen-bond acceptors (Lipinski definition) is 2. The summed E-state index contributed by atoms with van der Waals surface area (Å²) >= 11 is 0. The Morgan fingerprint density at radius 1 is 0.900 bits per heavy atom. The van der Waals surface area contributed by atoms with E-state index in [0.29, 0.717) is 12.3 Å². The summed E-state index contributed by atoms with van der Waals surface area (Å²) in [7, 11) is 0. The van der Waals surface area contributed by atoms with Gasteiger partial charge in [-0.2, -0.15) is 0 Å². The highest BCUT2D eigenvalue weighted by atomic mass is 16.6. The standard InChI is InChI=1S/C18H36O2/c1-6-8-10-12-14-16(13-11-9-7-2)15-17(19)20-18(3,4)5/h16H,6-15H2,1-5H3. The highest BCUT2D eigenvalue weighted by Gasteiger charge is 2.20. The van der Waals surface area contributed by atoms with Crippen LogP contribution in [0, 0.1) is 5.92 Å². The van der Waals surface area contributed by atoms with Crippen LogP contribution in [0.1, 0.15) is 98.8 Å². The van der Waals surface area contributed by atoms with Crippen molar-refractivity contribution in [2.45, 2.75) is 104 Å². The van der Waals surface area contributed by atoms with Gasteiger partial charge in [0.1, 0.15) is 5.60 Å². The summed E-state index contributed by atoms with van der Waals surface area (Å²) in [4.78, 5) is 12.0. The van der Waals surface area contributed by atoms with Gasteiger partial charge in [0.2, 0.25) is 0 Å². The van der Waals surface area contributed by atoms with E-state index in [1.54, 1.807) is 0 Å². The first kappa shape index (κ1) is 19.5. The van der Waals surface area contributed by atoms with Gasteiger partial charge in [0.15, 0.2) is 0 Å². The molecule has 2 heteroatoms. The highest BCUT2D eigenvalue weighted by molar-refractivity contribution is 5.70. The van der Waals surface area contributed by atoms with Gasteiger partial charge in [-0.05, 0) is 39.5 Å². The van der Waals surface area contributed by atoms with Crippen LogP contribution >= 0.6 is 0 Å². The van der Waals surface area contributed by atoms with E-state index in [1.807, 2.05) is 20.8 Å². The van der Waals surface area contributed by atoms with E-state index in [2.05, 4.69) is 13.8 Å². The fraction of sp³-hybridized carbons (Fsp3) is 0.944. The summed E-state index contributed by atoms with van der Waals surface area (Å²) < 4.78 is 5.46. The van der Waals surface area contributed by atoms with Crippen LogP contribution in [0.5, 0.6) is 0 Å². The van der Waals surface area contributed by atoms with Gasteiger partial charge in [-0.25, -0.2) is 0 Å². The molecule has 120 valence electrons. The molecule has 0 aliphatic carbocycles.